The number of ether oxygens (including phenoxy) is 1. The van der Waals surface area contributed by atoms with E-state index in [0.29, 0.717) is 5.75 Å². The van der Waals surface area contributed by atoms with Crippen LogP contribution in [-0.4, -0.2) is 24.8 Å². The van der Waals surface area contributed by atoms with Gasteiger partial charge in [0.2, 0.25) is 0 Å². The fourth-order valence-corrected chi connectivity index (χ4v) is 1.52. The summed E-state index contributed by atoms with van der Waals surface area (Å²) < 4.78 is 35.5. The van der Waals surface area contributed by atoms with Crippen molar-refractivity contribution in [3.63, 3.8) is 0 Å². The molecule has 90 valence electrons. The molecule has 0 radical (unpaired) electrons. The molecule has 0 fully saturated rings. The zero-order chi connectivity index (χ0) is 12.2. The van der Waals surface area contributed by atoms with Crippen molar-refractivity contribution in [2.75, 3.05) is 6.61 Å². The number of hydrogen-bond acceptors (Lipinski definition) is 3. The van der Waals surface area contributed by atoms with Crippen LogP contribution in [-0.2, 0) is 10.1 Å². The highest BCUT2D eigenvalue weighted by molar-refractivity contribution is 7.86. The van der Waals surface area contributed by atoms with Crippen molar-refractivity contribution in [1.82, 2.24) is 0 Å². The number of benzene rings is 1. The van der Waals surface area contributed by atoms with Gasteiger partial charge in [-0.25, -0.2) is 0 Å². The van der Waals surface area contributed by atoms with E-state index in [-0.39, 0.29) is 13.0 Å². The van der Waals surface area contributed by atoms with Crippen LogP contribution in [0, 0.1) is 6.92 Å². The van der Waals surface area contributed by atoms with Crippen molar-refractivity contribution in [2.45, 2.75) is 25.5 Å². The monoisotopic (exact) mass is 244 g/mol. The standard InChI is InChI=1S/C11H16O4S/c1-9-3-5-11(6-4-9)15-8-7-10(2)16(12,13)14/h3-6,10H,7-8H2,1-2H3,(H,12,13,14). The molecule has 1 unspecified atom stereocenters. The fraction of sp³-hybridized carbons (Fsp3) is 0.455. The van der Waals surface area contributed by atoms with Crippen molar-refractivity contribution >= 4 is 10.1 Å². The maximum Gasteiger partial charge on any atom is 0.267 e. The summed E-state index contributed by atoms with van der Waals surface area (Å²) in [7, 11) is -3.94. The third-order valence-corrected chi connectivity index (χ3v) is 3.58. The summed E-state index contributed by atoms with van der Waals surface area (Å²) in [6.45, 7) is 3.70. The first kappa shape index (κ1) is 13.0. The molecule has 0 aliphatic carbocycles. The van der Waals surface area contributed by atoms with Gasteiger partial charge < -0.3 is 4.74 Å². The van der Waals surface area contributed by atoms with E-state index in [4.69, 9.17) is 9.29 Å². The maximum atomic E-state index is 10.7. The molecule has 1 N–H and O–H groups in total. The Kier molecular flexibility index (Phi) is 4.32. The summed E-state index contributed by atoms with van der Waals surface area (Å²) in [6, 6.07) is 7.49. The Morgan fingerprint density at radius 1 is 1.31 bits per heavy atom. The maximum absolute atomic E-state index is 10.7. The Balaban J connectivity index is 2.39. The second-order valence-corrected chi connectivity index (χ2v) is 5.61. The van der Waals surface area contributed by atoms with Crippen molar-refractivity contribution in [2.24, 2.45) is 0 Å². The van der Waals surface area contributed by atoms with Crippen LogP contribution in [0.5, 0.6) is 5.75 Å². The molecule has 0 heterocycles. The lowest BCUT2D eigenvalue weighted by Gasteiger charge is -2.09. The molecular weight excluding hydrogens is 228 g/mol. The van der Waals surface area contributed by atoms with Gasteiger partial charge in [0.05, 0.1) is 11.9 Å². The molecule has 0 aliphatic heterocycles. The van der Waals surface area contributed by atoms with Gasteiger partial charge >= 0.3 is 0 Å². The highest BCUT2D eigenvalue weighted by Gasteiger charge is 2.16. The molecule has 0 bridgehead atoms. The average Bonchev–Trinajstić information content (AvgIpc) is 2.19. The molecule has 1 rings (SSSR count). The molecule has 1 aromatic carbocycles. The third kappa shape index (κ3) is 4.20. The van der Waals surface area contributed by atoms with Gasteiger partial charge in [-0.2, -0.15) is 8.42 Å². The predicted molar refractivity (Wildman–Crippen MR) is 62.3 cm³/mol. The van der Waals surface area contributed by atoms with E-state index in [1.54, 1.807) is 0 Å². The Hall–Kier alpha value is -1.07. The zero-order valence-electron chi connectivity index (χ0n) is 9.38. The topological polar surface area (TPSA) is 63.6 Å². The van der Waals surface area contributed by atoms with Crippen LogP contribution >= 0.6 is 0 Å². The Labute approximate surface area is 96.0 Å². The van der Waals surface area contributed by atoms with E-state index >= 15 is 0 Å². The van der Waals surface area contributed by atoms with E-state index in [2.05, 4.69) is 0 Å². The number of rotatable bonds is 5. The lowest BCUT2D eigenvalue weighted by molar-refractivity contribution is 0.306. The summed E-state index contributed by atoms with van der Waals surface area (Å²) in [4.78, 5) is 0. The summed E-state index contributed by atoms with van der Waals surface area (Å²) in [5.41, 5.74) is 1.14. The number of aryl methyl sites for hydroxylation is 1. The van der Waals surface area contributed by atoms with E-state index in [1.165, 1.54) is 6.92 Å². The molecule has 1 atom stereocenters. The lowest BCUT2D eigenvalue weighted by Crippen LogP contribution is -2.19. The smallest absolute Gasteiger partial charge is 0.267 e. The highest BCUT2D eigenvalue weighted by atomic mass is 32.2. The second-order valence-electron chi connectivity index (χ2n) is 3.78. The normalized spacial score (nSPS) is 13.4. The van der Waals surface area contributed by atoms with Crippen molar-refractivity contribution < 1.29 is 17.7 Å². The van der Waals surface area contributed by atoms with Gasteiger partial charge in [-0.3, -0.25) is 4.55 Å². The van der Waals surface area contributed by atoms with Gasteiger partial charge in [0.1, 0.15) is 5.75 Å². The van der Waals surface area contributed by atoms with Gasteiger partial charge in [0.15, 0.2) is 0 Å². The fourth-order valence-electron chi connectivity index (χ4n) is 1.13. The van der Waals surface area contributed by atoms with Crippen molar-refractivity contribution in [3.8, 4) is 5.75 Å². The van der Waals surface area contributed by atoms with Crippen molar-refractivity contribution in [3.05, 3.63) is 29.8 Å². The minimum absolute atomic E-state index is 0.268. The quantitative estimate of drug-likeness (QED) is 0.805. The minimum Gasteiger partial charge on any atom is -0.494 e. The summed E-state index contributed by atoms with van der Waals surface area (Å²) in [5.74, 6) is 0.702. The van der Waals surface area contributed by atoms with Crippen LogP contribution < -0.4 is 4.74 Å². The molecule has 0 saturated carbocycles. The molecule has 16 heavy (non-hydrogen) atoms. The molecular formula is C11H16O4S. The summed E-state index contributed by atoms with van der Waals surface area (Å²) in [6.07, 6.45) is 0.271. The molecule has 1 aromatic rings. The molecule has 5 heteroatoms. The Morgan fingerprint density at radius 2 is 1.88 bits per heavy atom. The van der Waals surface area contributed by atoms with Crippen LogP contribution in [0.3, 0.4) is 0 Å². The van der Waals surface area contributed by atoms with E-state index in [0.717, 1.165) is 5.56 Å². The first-order valence-electron chi connectivity index (χ1n) is 5.05. The summed E-state index contributed by atoms with van der Waals surface area (Å²) >= 11 is 0. The van der Waals surface area contributed by atoms with E-state index in [1.807, 2.05) is 31.2 Å². The average molecular weight is 244 g/mol. The second kappa shape index (κ2) is 5.32. The number of hydrogen-bond donors (Lipinski definition) is 1. The Bertz CT molecular complexity index is 422. The molecule has 0 spiro atoms. The molecule has 0 amide bonds. The first-order valence-corrected chi connectivity index (χ1v) is 6.55. The first-order chi connectivity index (χ1) is 7.39. The molecule has 0 aromatic heterocycles. The van der Waals surface area contributed by atoms with Gasteiger partial charge in [-0.05, 0) is 26.0 Å². The van der Waals surface area contributed by atoms with Crippen LogP contribution in [0.1, 0.15) is 18.9 Å². The molecule has 0 aliphatic rings. The summed E-state index contributed by atoms with van der Waals surface area (Å²) in [5, 5.41) is -0.794. The van der Waals surface area contributed by atoms with E-state index in [9.17, 15) is 8.42 Å². The van der Waals surface area contributed by atoms with Crippen LogP contribution in [0.25, 0.3) is 0 Å². The minimum atomic E-state index is -3.94. The zero-order valence-corrected chi connectivity index (χ0v) is 10.2. The van der Waals surface area contributed by atoms with Crippen molar-refractivity contribution in [1.29, 1.82) is 0 Å². The lowest BCUT2D eigenvalue weighted by atomic mass is 10.2. The molecule has 0 saturated heterocycles. The van der Waals surface area contributed by atoms with Crippen LogP contribution in [0.15, 0.2) is 24.3 Å². The van der Waals surface area contributed by atoms with Crippen LogP contribution in [0.4, 0.5) is 0 Å². The largest absolute Gasteiger partial charge is 0.494 e. The van der Waals surface area contributed by atoms with E-state index < -0.39 is 15.4 Å². The van der Waals surface area contributed by atoms with Gasteiger partial charge in [-0.1, -0.05) is 17.7 Å². The van der Waals surface area contributed by atoms with Gasteiger partial charge in [0, 0.05) is 6.42 Å². The Morgan fingerprint density at radius 3 is 2.38 bits per heavy atom. The van der Waals surface area contributed by atoms with Gasteiger partial charge in [0.25, 0.3) is 10.1 Å². The third-order valence-electron chi connectivity index (χ3n) is 2.32. The van der Waals surface area contributed by atoms with Gasteiger partial charge in [-0.15, -0.1) is 0 Å². The predicted octanol–water partition coefficient (Wildman–Crippen LogP) is 2.04. The SMILES string of the molecule is Cc1ccc(OCCC(C)S(=O)(=O)O)cc1. The van der Waals surface area contributed by atoms with Crippen LogP contribution in [0.2, 0.25) is 0 Å². The highest BCUT2D eigenvalue weighted by Crippen LogP contribution is 2.12. The molecule has 4 nitrogen and oxygen atoms in total.